The van der Waals surface area contributed by atoms with E-state index in [9.17, 15) is 22.8 Å². The molecule has 9 heteroatoms. The number of nitrogens with zero attached hydrogens (tertiary/aromatic N) is 1. The summed E-state index contributed by atoms with van der Waals surface area (Å²) < 4.78 is 49.6. The Morgan fingerprint density at radius 2 is 1.93 bits per heavy atom. The Labute approximate surface area is 170 Å². The normalized spacial score (nSPS) is 18.6. The summed E-state index contributed by atoms with van der Waals surface area (Å²) in [5.74, 6) is -2.36. The molecule has 1 heterocycles. The summed E-state index contributed by atoms with van der Waals surface area (Å²) in [7, 11) is -1.41. The van der Waals surface area contributed by atoms with Crippen molar-refractivity contribution in [3.63, 3.8) is 0 Å². The Bertz CT molecular complexity index is 691. The summed E-state index contributed by atoms with van der Waals surface area (Å²) in [4.78, 5) is 25.8. The first kappa shape index (κ1) is 23.4. The number of cyclic esters (lactones) is 1. The van der Waals surface area contributed by atoms with E-state index >= 15 is 0 Å². The van der Waals surface area contributed by atoms with Gasteiger partial charge in [0.25, 0.3) is 0 Å². The molecule has 0 radical (unpaired) electrons. The Balaban J connectivity index is 2.08. The zero-order chi connectivity index (χ0) is 21.7. The maximum absolute atomic E-state index is 13.1. The van der Waals surface area contributed by atoms with E-state index in [2.05, 4.69) is 19.6 Å². The van der Waals surface area contributed by atoms with Crippen molar-refractivity contribution in [1.82, 2.24) is 4.90 Å². The van der Waals surface area contributed by atoms with Crippen LogP contribution in [-0.4, -0.2) is 57.0 Å². The molecule has 2 rings (SSSR count). The summed E-state index contributed by atoms with van der Waals surface area (Å²) in [6.07, 6.45) is -6.44. The van der Waals surface area contributed by atoms with E-state index in [0.717, 1.165) is 16.5 Å². The smallest absolute Gasteiger partial charge is 0.416 e. The maximum atomic E-state index is 13.1. The molecule has 1 saturated heterocycles. The fraction of sp³-hybridized carbons (Fsp3) is 0.600. The number of carbonyl (C=O) groups is 2. The molecule has 0 saturated carbocycles. The SMILES string of the molecule is C[Si](C)(C)CCOC[C@H](CC(F)(F)F)C(=O)N1C(=O)OC[C@H]1Cc1ccccc1. The predicted octanol–water partition coefficient (Wildman–Crippen LogP) is 4.50. The van der Waals surface area contributed by atoms with Crippen LogP contribution in [0, 0.1) is 5.92 Å². The highest BCUT2D eigenvalue weighted by Crippen LogP contribution is 2.29. The Hall–Kier alpha value is -1.87. The number of rotatable bonds is 9. The average Bonchev–Trinajstić information content (AvgIpc) is 2.96. The molecule has 5 nitrogen and oxygen atoms in total. The van der Waals surface area contributed by atoms with Gasteiger partial charge < -0.3 is 9.47 Å². The second-order valence-corrected chi connectivity index (χ2v) is 14.2. The monoisotopic (exact) mass is 431 g/mol. The highest BCUT2D eigenvalue weighted by molar-refractivity contribution is 6.76. The number of hydrogen-bond donors (Lipinski definition) is 0. The third-order valence-corrected chi connectivity index (χ3v) is 6.36. The molecular formula is C20H28F3NO4Si. The predicted molar refractivity (Wildman–Crippen MR) is 105 cm³/mol. The molecule has 0 bridgehead atoms. The number of amides is 2. The first-order chi connectivity index (χ1) is 13.5. The van der Waals surface area contributed by atoms with Gasteiger partial charge in [-0.1, -0.05) is 50.0 Å². The Kier molecular flexibility index (Phi) is 7.87. The van der Waals surface area contributed by atoms with Crippen LogP contribution in [-0.2, 0) is 20.7 Å². The van der Waals surface area contributed by atoms with E-state index in [1.54, 1.807) is 0 Å². The maximum Gasteiger partial charge on any atom is 0.416 e. The van der Waals surface area contributed by atoms with Crippen molar-refractivity contribution >= 4 is 20.1 Å². The second-order valence-electron chi connectivity index (χ2n) is 8.53. The molecule has 1 aromatic carbocycles. The molecule has 1 aliphatic rings. The highest BCUT2D eigenvalue weighted by atomic mass is 28.3. The minimum atomic E-state index is -4.54. The lowest BCUT2D eigenvalue weighted by molar-refractivity contribution is -0.162. The average molecular weight is 432 g/mol. The van der Waals surface area contributed by atoms with Crippen LogP contribution >= 0.6 is 0 Å². The van der Waals surface area contributed by atoms with E-state index in [-0.39, 0.29) is 13.2 Å². The fourth-order valence-corrected chi connectivity index (χ4v) is 3.82. The van der Waals surface area contributed by atoms with E-state index in [1.165, 1.54) is 0 Å². The molecule has 2 amide bonds. The van der Waals surface area contributed by atoms with Crippen molar-refractivity contribution in [1.29, 1.82) is 0 Å². The van der Waals surface area contributed by atoms with Gasteiger partial charge in [-0.2, -0.15) is 13.2 Å². The zero-order valence-corrected chi connectivity index (χ0v) is 18.0. The number of ether oxygens (including phenoxy) is 2. The number of halogens is 3. The topological polar surface area (TPSA) is 55.8 Å². The van der Waals surface area contributed by atoms with E-state index < -0.39 is 44.6 Å². The molecular weight excluding hydrogens is 403 g/mol. The molecule has 0 unspecified atom stereocenters. The first-order valence-corrected chi connectivity index (χ1v) is 13.4. The lowest BCUT2D eigenvalue weighted by atomic mass is 10.0. The van der Waals surface area contributed by atoms with E-state index in [1.807, 2.05) is 30.3 Å². The lowest BCUT2D eigenvalue weighted by Gasteiger charge is -2.26. The van der Waals surface area contributed by atoms with E-state index in [4.69, 9.17) is 9.47 Å². The van der Waals surface area contributed by atoms with Crippen molar-refractivity contribution < 1.29 is 32.2 Å². The van der Waals surface area contributed by atoms with Crippen LogP contribution in [0.25, 0.3) is 0 Å². The minimum absolute atomic E-state index is 0.0330. The van der Waals surface area contributed by atoms with Gasteiger partial charge in [-0.25, -0.2) is 9.69 Å². The van der Waals surface area contributed by atoms with Gasteiger partial charge >= 0.3 is 12.3 Å². The van der Waals surface area contributed by atoms with Gasteiger partial charge in [0.15, 0.2) is 0 Å². The van der Waals surface area contributed by atoms with E-state index in [0.29, 0.717) is 13.0 Å². The molecule has 0 aromatic heterocycles. The van der Waals surface area contributed by atoms with Gasteiger partial charge in [-0.15, -0.1) is 0 Å². The Morgan fingerprint density at radius 3 is 2.52 bits per heavy atom. The molecule has 29 heavy (non-hydrogen) atoms. The second kappa shape index (κ2) is 9.75. The zero-order valence-electron chi connectivity index (χ0n) is 17.0. The molecule has 1 aromatic rings. The van der Waals surface area contributed by atoms with Gasteiger partial charge in [-0.05, 0) is 18.0 Å². The van der Waals surface area contributed by atoms with Crippen molar-refractivity contribution in [2.24, 2.45) is 5.92 Å². The number of hydrogen-bond acceptors (Lipinski definition) is 4. The fourth-order valence-electron chi connectivity index (χ4n) is 3.06. The molecule has 0 spiro atoms. The summed E-state index contributed by atoms with van der Waals surface area (Å²) in [5, 5.41) is 0. The van der Waals surface area contributed by atoms with Crippen molar-refractivity contribution in [2.75, 3.05) is 19.8 Å². The van der Waals surface area contributed by atoms with Gasteiger partial charge in [-0.3, -0.25) is 4.79 Å². The Morgan fingerprint density at radius 1 is 1.28 bits per heavy atom. The van der Waals surface area contributed by atoms with Crippen LogP contribution in [0.4, 0.5) is 18.0 Å². The van der Waals surface area contributed by atoms with Crippen molar-refractivity contribution in [2.45, 2.75) is 50.7 Å². The van der Waals surface area contributed by atoms with Crippen LogP contribution in [0.2, 0.25) is 25.7 Å². The largest absolute Gasteiger partial charge is 0.447 e. The van der Waals surface area contributed by atoms with Crippen LogP contribution in [0.1, 0.15) is 12.0 Å². The van der Waals surface area contributed by atoms with Crippen LogP contribution < -0.4 is 0 Å². The number of imide groups is 1. The number of benzene rings is 1. The third-order valence-electron chi connectivity index (χ3n) is 4.66. The molecule has 0 aliphatic carbocycles. The van der Waals surface area contributed by atoms with Gasteiger partial charge in [0, 0.05) is 14.7 Å². The highest BCUT2D eigenvalue weighted by Gasteiger charge is 2.44. The molecule has 0 N–H and O–H groups in total. The molecule has 2 atom stereocenters. The molecule has 1 fully saturated rings. The summed E-state index contributed by atoms with van der Waals surface area (Å²) in [6.45, 7) is 6.28. The van der Waals surface area contributed by atoms with Crippen LogP contribution in [0.5, 0.6) is 0 Å². The number of carbonyl (C=O) groups excluding carboxylic acids is 2. The molecule has 1 aliphatic heterocycles. The first-order valence-electron chi connectivity index (χ1n) is 9.64. The van der Waals surface area contributed by atoms with Crippen LogP contribution in [0.3, 0.4) is 0 Å². The van der Waals surface area contributed by atoms with Crippen LogP contribution in [0.15, 0.2) is 30.3 Å². The van der Waals surface area contributed by atoms with Crippen molar-refractivity contribution in [3.8, 4) is 0 Å². The number of alkyl halides is 3. The quantitative estimate of drug-likeness (QED) is 0.427. The van der Waals surface area contributed by atoms with Gasteiger partial charge in [0.2, 0.25) is 5.91 Å². The van der Waals surface area contributed by atoms with Gasteiger partial charge in [0.05, 0.1) is 25.0 Å². The van der Waals surface area contributed by atoms with Crippen molar-refractivity contribution in [3.05, 3.63) is 35.9 Å². The summed E-state index contributed by atoms with van der Waals surface area (Å²) in [5.41, 5.74) is 0.868. The third kappa shape index (κ3) is 7.81. The minimum Gasteiger partial charge on any atom is -0.447 e. The lowest BCUT2D eigenvalue weighted by Crippen LogP contribution is -2.45. The standard InChI is InChI=1S/C20H28F3NO4Si/c1-29(2,3)10-9-27-13-16(12-20(21,22)23)18(25)24-17(14-28-19(24)26)11-15-7-5-4-6-8-15/h4-8,16-17H,9-14H2,1-3H3/t16-,17+/m0/s1. The summed E-state index contributed by atoms with van der Waals surface area (Å²) >= 11 is 0. The molecule has 162 valence electrons. The van der Waals surface area contributed by atoms with Gasteiger partial charge in [0.1, 0.15) is 6.61 Å². The summed E-state index contributed by atoms with van der Waals surface area (Å²) in [6, 6.07) is 9.28.